The van der Waals surface area contributed by atoms with Gasteiger partial charge in [-0.25, -0.2) is 0 Å². The van der Waals surface area contributed by atoms with E-state index in [0.717, 1.165) is 18.0 Å². The third kappa shape index (κ3) is 2.90. The molecule has 1 saturated heterocycles. The number of nitrogens with zero attached hydrogens (tertiary/aromatic N) is 1. The maximum absolute atomic E-state index is 3.99. The number of likely N-dealkylation sites (N-methyl/N-ethyl adjacent to an activating group) is 1. The molecule has 1 heterocycles. The van der Waals surface area contributed by atoms with Gasteiger partial charge in [0, 0.05) is 24.2 Å². The molecule has 0 spiro atoms. The Morgan fingerprint density at radius 1 is 1.05 bits per heavy atom. The highest BCUT2D eigenvalue weighted by Crippen LogP contribution is 2.37. The Hall–Kier alpha value is -0.120. The van der Waals surface area contributed by atoms with Crippen molar-refractivity contribution in [2.45, 2.75) is 75.4 Å². The van der Waals surface area contributed by atoms with Crippen molar-refractivity contribution < 1.29 is 0 Å². The largest absolute Gasteiger partial charge is 0.314 e. The van der Waals surface area contributed by atoms with Crippen LogP contribution in [0.2, 0.25) is 0 Å². The summed E-state index contributed by atoms with van der Waals surface area (Å²) >= 11 is 0. The minimum absolute atomic E-state index is 0.463. The smallest absolute Gasteiger partial charge is 0.0328 e. The molecule has 3 rings (SSSR count). The summed E-state index contributed by atoms with van der Waals surface area (Å²) in [6.45, 7) is 2.45. The molecule has 3 atom stereocenters. The summed E-state index contributed by atoms with van der Waals surface area (Å²) in [7, 11) is 4.52. The van der Waals surface area contributed by atoms with E-state index in [2.05, 4.69) is 29.6 Å². The van der Waals surface area contributed by atoms with Gasteiger partial charge in [-0.3, -0.25) is 0 Å². The Balaban J connectivity index is 1.56. The Labute approximate surface area is 124 Å². The second-order valence-corrected chi connectivity index (χ2v) is 7.61. The van der Waals surface area contributed by atoms with Crippen LogP contribution in [0.1, 0.15) is 57.8 Å². The van der Waals surface area contributed by atoms with Gasteiger partial charge in [-0.1, -0.05) is 12.8 Å². The van der Waals surface area contributed by atoms with Gasteiger partial charge < -0.3 is 15.5 Å². The third-order valence-corrected chi connectivity index (χ3v) is 6.36. The van der Waals surface area contributed by atoms with E-state index in [9.17, 15) is 0 Å². The van der Waals surface area contributed by atoms with E-state index in [1.807, 2.05) is 0 Å². The summed E-state index contributed by atoms with van der Waals surface area (Å²) in [4.78, 5) is 2.47. The van der Waals surface area contributed by atoms with Crippen molar-refractivity contribution in [1.82, 2.24) is 15.5 Å². The molecule has 3 aliphatic rings. The lowest BCUT2D eigenvalue weighted by molar-refractivity contribution is 0.0506. The number of hydrogen-bond donors (Lipinski definition) is 2. The molecule has 3 unspecified atom stereocenters. The van der Waals surface area contributed by atoms with E-state index < -0.39 is 0 Å². The highest BCUT2D eigenvalue weighted by Gasteiger charge is 2.40. The molecule has 0 radical (unpaired) electrons. The lowest BCUT2D eigenvalue weighted by Gasteiger charge is -2.49. The standard InChI is InChI=1S/C17H33N3/c1-20(2)17(10-6-11-17)13-19-16-8-4-3-7-14(16)15-9-5-12-18-15/h14-16,18-19H,3-13H2,1-2H3. The molecule has 2 N–H and O–H groups in total. The quantitative estimate of drug-likeness (QED) is 0.809. The molecule has 0 aromatic rings. The molecular formula is C17H33N3. The van der Waals surface area contributed by atoms with Crippen LogP contribution in [-0.4, -0.2) is 49.7 Å². The molecule has 3 heteroatoms. The topological polar surface area (TPSA) is 27.3 Å². The Bertz CT molecular complexity index is 305. The Morgan fingerprint density at radius 3 is 2.45 bits per heavy atom. The molecule has 3 nitrogen and oxygen atoms in total. The van der Waals surface area contributed by atoms with Crippen molar-refractivity contribution in [3.63, 3.8) is 0 Å². The van der Waals surface area contributed by atoms with Gasteiger partial charge in [-0.2, -0.15) is 0 Å². The molecule has 1 aliphatic heterocycles. The van der Waals surface area contributed by atoms with Crippen LogP contribution >= 0.6 is 0 Å². The minimum Gasteiger partial charge on any atom is -0.314 e. The van der Waals surface area contributed by atoms with Crippen LogP contribution in [0.3, 0.4) is 0 Å². The van der Waals surface area contributed by atoms with Crippen LogP contribution in [0.15, 0.2) is 0 Å². The molecule has 3 fully saturated rings. The summed E-state index contributed by atoms with van der Waals surface area (Å²) in [6, 6.07) is 1.56. The molecule has 0 bridgehead atoms. The summed E-state index contributed by atoms with van der Waals surface area (Å²) < 4.78 is 0. The van der Waals surface area contributed by atoms with E-state index in [4.69, 9.17) is 0 Å². The van der Waals surface area contributed by atoms with Crippen molar-refractivity contribution in [2.75, 3.05) is 27.2 Å². The van der Waals surface area contributed by atoms with Crippen LogP contribution in [0.4, 0.5) is 0 Å². The molecule has 116 valence electrons. The summed E-state index contributed by atoms with van der Waals surface area (Å²) in [5, 5.41) is 7.74. The Morgan fingerprint density at radius 2 is 1.85 bits per heavy atom. The number of rotatable bonds is 5. The molecule has 0 aromatic carbocycles. The van der Waals surface area contributed by atoms with Crippen molar-refractivity contribution in [2.24, 2.45) is 5.92 Å². The van der Waals surface area contributed by atoms with Crippen LogP contribution < -0.4 is 10.6 Å². The normalized spacial score (nSPS) is 37.0. The summed E-state index contributed by atoms with van der Waals surface area (Å²) in [5.41, 5.74) is 0.463. The van der Waals surface area contributed by atoms with E-state index >= 15 is 0 Å². The van der Waals surface area contributed by atoms with Gasteiger partial charge in [0.1, 0.15) is 0 Å². The second kappa shape index (κ2) is 6.33. The molecule has 0 amide bonds. The van der Waals surface area contributed by atoms with Gasteiger partial charge in [0.05, 0.1) is 0 Å². The first kappa shape index (κ1) is 14.8. The monoisotopic (exact) mass is 279 g/mol. The molecular weight excluding hydrogens is 246 g/mol. The third-order valence-electron chi connectivity index (χ3n) is 6.36. The van der Waals surface area contributed by atoms with Gasteiger partial charge in [-0.05, 0) is 71.5 Å². The van der Waals surface area contributed by atoms with Crippen LogP contribution in [0.25, 0.3) is 0 Å². The zero-order valence-corrected chi connectivity index (χ0v) is 13.5. The van der Waals surface area contributed by atoms with Crippen molar-refractivity contribution in [3.8, 4) is 0 Å². The lowest BCUT2D eigenvalue weighted by atomic mass is 9.74. The molecule has 20 heavy (non-hydrogen) atoms. The van der Waals surface area contributed by atoms with Gasteiger partial charge >= 0.3 is 0 Å². The SMILES string of the molecule is CN(C)C1(CNC2CCCCC2C2CCCN2)CCC1. The fraction of sp³-hybridized carbons (Fsp3) is 1.00. The summed E-state index contributed by atoms with van der Waals surface area (Å²) in [6.07, 6.45) is 12.7. The predicted octanol–water partition coefficient (Wildman–Crippen LogP) is 2.37. The first-order chi connectivity index (χ1) is 9.71. The average molecular weight is 279 g/mol. The van der Waals surface area contributed by atoms with Crippen LogP contribution in [0, 0.1) is 5.92 Å². The van der Waals surface area contributed by atoms with Crippen molar-refractivity contribution >= 4 is 0 Å². The van der Waals surface area contributed by atoms with E-state index in [1.54, 1.807) is 0 Å². The molecule has 2 saturated carbocycles. The fourth-order valence-corrected chi connectivity index (χ4v) is 4.66. The maximum Gasteiger partial charge on any atom is 0.0328 e. The fourth-order valence-electron chi connectivity index (χ4n) is 4.66. The zero-order chi connectivity index (χ0) is 14.0. The maximum atomic E-state index is 3.99. The number of hydrogen-bond acceptors (Lipinski definition) is 3. The van der Waals surface area contributed by atoms with Crippen molar-refractivity contribution in [1.29, 1.82) is 0 Å². The summed E-state index contributed by atoms with van der Waals surface area (Å²) in [5.74, 6) is 0.880. The first-order valence-electron chi connectivity index (χ1n) is 8.85. The van der Waals surface area contributed by atoms with Gasteiger partial charge in [-0.15, -0.1) is 0 Å². The van der Waals surface area contributed by atoms with Crippen molar-refractivity contribution in [3.05, 3.63) is 0 Å². The predicted molar refractivity (Wildman–Crippen MR) is 85.0 cm³/mol. The average Bonchev–Trinajstić information content (AvgIpc) is 2.91. The minimum atomic E-state index is 0.463. The number of nitrogens with one attached hydrogen (secondary N) is 2. The van der Waals surface area contributed by atoms with Crippen LogP contribution in [0.5, 0.6) is 0 Å². The first-order valence-corrected chi connectivity index (χ1v) is 8.85. The lowest BCUT2D eigenvalue weighted by Crippen LogP contribution is -2.59. The zero-order valence-electron chi connectivity index (χ0n) is 13.5. The highest BCUT2D eigenvalue weighted by atomic mass is 15.2. The molecule has 0 aromatic heterocycles. The van der Waals surface area contributed by atoms with E-state index in [0.29, 0.717) is 5.54 Å². The molecule has 2 aliphatic carbocycles. The van der Waals surface area contributed by atoms with Gasteiger partial charge in [0.2, 0.25) is 0 Å². The van der Waals surface area contributed by atoms with Gasteiger partial charge in [0.25, 0.3) is 0 Å². The highest BCUT2D eigenvalue weighted by molar-refractivity contribution is 5.00. The second-order valence-electron chi connectivity index (χ2n) is 7.61. The van der Waals surface area contributed by atoms with Crippen LogP contribution in [-0.2, 0) is 0 Å². The van der Waals surface area contributed by atoms with E-state index in [1.165, 1.54) is 70.9 Å². The Kier molecular flexibility index (Phi) is 4.68. The van der Waals surface area contributed by atoms with E-state index in [-0.39, 0.29) is 0 Å². The van der Waals surface area contributed by atoms with Gasteiger partial charge in [0.15, 0.2) is 0 Å².